The maximum Gasteiger partial charge on any atom is 0.102 e. The molecule has 2 rings (SSSR count). The van der Waals surface area contributed by atoms with Crippen LogP contribution in [0.1, 0.15) is 18.2 Å². The van der Waals surface area contributed by atoms with Crippen molar-refractivity contribution in [1.29, 1.82) is 0 Å². The number of halogens is 1. The zero-order valence-corrected chi connectivity index (χ0v) is 10.6. The lowest BCUT2D eigenvalue weighted by atomic mass is 10.1. The van der Waals surface area contributed by atoms with Gasteiger partial charge in [-0.1, -0.05) is 19.1 Å². The normalized spacial score (nSPS) is 10.7. The van der Waals surface area contributed by atoms with Crippen LogP contribution in [-0.4, -0.2) is 14.9 Å². The molecule has 0 saturated heterocycles. The Bertz CT molecular complexity index is 476. The average molecular weight is 281 g/mol. The molecule has 0 aliphatic rings. The van der Waals surface area contributed by atoms with E-state index in [-0.39, 0.29) is 6.61 Å². The first-order valence-electron chi connectivity index (χ1n) is 5.18. The van der Waals surface area contributed by atoms with Crippen molar-refractivity contribution in [1.82, 2.24) is 9.78 Å². The van der Waals surface area contributed by atoms with Crippen LogP contribution >= 0.6 is 15.9 Å². The van der Waals surface area contributed by atoms with Gasteiger partial charge in [-0.2, -0.15) is 5.10 Å². The Balaban J connectivity index is 2.34. The largest absolute Gasteiger partial charge is 0.390 e. The van der Waals surface area contributed by atoms with Crippen molar-refractivity contribution in [2.75, 3.05) is 0 Å². The Hall–Kier alpha value is -1.13. The van der Waals surface area contributed by atoms with Crippen LogP contribution in [0.4, 0.5) is 0 Å². The SMILES string of the molecule is CCc1ccc(-n2cc(Br)c(CO)n2)cc1. The van der Waals surface area contributed by atoms with E-state index >= 15 is 0 Å². The molecule has 0 amide bonds. The van der Waals surface area contributed by atoms with Crippen molar-refractivity contribution in [3.8, 4) is 5.69 Å². The van der Waals surface area contributed by atoms with Gasteiger partial charge in [-0.25, -0.2) is 4.68 Å². The van der Waals surface area contributed by atoms with E-state index in [4.69, 9.17) is 5.11 Å². The van der Waals surface area contributed by atoms with Crippen molar-refractivity contribution >= 4 is 15.9 Å². The molecule has 0 fully saturated rings. The molecule has 1 heterocycles. The quantitative estimate of drug-likeness (QED) is 0.939. The number of aromatic nitrogens is 2. The molecule has 1 N–H and O–H groups in total. The first-order valence-corrected chi connectivity index (χ1v) is 5.98. The molecule has 0 aliphatic carbocycles. The van der Waals surface area contributed by atoms with E-state index in [1.807, 2.05) is 18.3 Å². The third-order valence-electron chi connectivity index (χ3n) is 2.50. The van der Waals surface area contributed by atoms with Gasteiger partial charge in [0.2, 0.25) is 0 Å². The minimum atomic E-state index is -0.0549. The summed E-state index contributed by atoms with van der Waals surface area (Å²) in [7, 11) is 0. The lowest BCUT2D eigenvalue weighted by Crippen LogP contribution is -1.96. The van der Waals surface area contributed by atoms with Crippen LogP contribution in [0.5, 0.6) is 0 Å². The number of benzene rings is 1. The van der Waals surface area contributed by atoms with Gasteiger partial charge in [0, 0.05) is 6.20 Å². The number of aryl methyl sites for hydroxylation is 1. The van der Waals surface area contributed by atoms with E-state index in [9.17, 15) is 0 Å². The van der Waals surface area contributed by atoms with Gasteiger partial charge in [0.1, 0.15) is 5.69 Å². The van der Waals surface area contributed by atoms with Crippen LogP contribution in [0.15, 0.2) is 34.9 Å². The molecule has 0 saturated carbocycles. The van der Waals surface area contributed by atoms with Gasteiger partial charge in [0.25, 0.3) is 0 Å². The van der Waals surface area contributed by atoms with Crippen LogP contribution in [0.2, 0.25) is 0 Å². The van der Waals surface area contributed by atoms with Crippen LogP contribution in [0.3, 0.4) is 0 Å². The fraction of sp³-hybridized carbons (Fsp3) is 0.250. The predicted octanol–water partition coefficient (Wildman–Crippen LogP) is 2.69. The highest BCUT2D eigenvalue weighted by Gasteiger charge is 2.06. The zero-order valence-electron chi connectivity index (χ0n) is 9.02. The van der Waals surface area contributed by atoms with Gasteiger partial charge in [0.15, 0.2) is 0 Å². The van der Waals surface area contributed by atoms with E-state index < -0.39 is 0 Å². The fourth-order valence-electron chi connectivity index (χ4n) is 1.51. The van der Waals surface area contributed by atoms with Crippen molar-refractivity contribution < 1.29 is 5.11 Å². The van der Waals surface area contributed by atoms with Gasteiger partial charge >= 0.3 is 0 Å². The molecule has 0 unspecified atom stereocenters. The molecule has 0 atom stereocenters. The Morgan fingerprint density at radius 2 is 2.00 bits per heavy atom. The van der Waals surface area contributed by atoms with E-state index in [1.54, 1.807) is 4.68 Å². The van der Waals surface area contributed by atoms with E-state index in [2.05, 4.69) is 40.1 Å². The average Bonchev–Trinajstić information content (AvgIpc) is 2.71. The van der Waals surface area contributed by atoms with Crippen molar-refractivity contribution in [2.45, 2.75) is 20.0 Å². The highest BCUT2D eigenvalue weighted by molar-refractivity contribution is 9.10. The number of aliphatic hydroxyl groups is 1. The Morgan fingerprint density at radius 1 is 1.31 bits per heavy atom. The molecule has 0 radical (unpaired) electrons. The molecular weight excluding hydrogens is 268 g/mol. The molecule has 4 heteroatoms. The maximum absolute atomic E-state index is 9.06. The van der Waals surface area contributed by atoms with E-state index in [0.717, 1.165) is 16.6 Å². The number of hydrogen-bond acceptors (Lipinski definition) is 2. The van der Waals surface area contributed by atoms with Gasteiger partial charge in [-0.05, 0) is 40.0 Å². The summed E-state index contributed by atoms with van der Waals surface area (Å²) < 4.78 is 2.59. The highest BCUT2D eigenvalue weighted by atomic mass is 79.9. The van der Waals surface area contributed by atoms with Gasteiger partial charge in [-0.15, -0.1) is 0 Å². The molecule has 16 heavy (non-hydrogen) atoms. The first-order chi connectivity index (χ1) is 7.74. The second-order valence-electron chi connectivity index (χ2n) is 3.55. The summed E-state index contributed by atoms with van der Waals surface area (Å²) in [4.78, 5) is 0. The topological polar surface area (TPSA) is 38.0 Å². The predicted molar refractivity (Wildman–Crippen MR) is 66.6 cm³/mol. The summed E-state index contributed by atoms with van der Waals surface area (Å²) in [6, 6.07) is 8.23. The Morgan fingerprint density at radius 3 is 2.50 bits per heavy atom. The van der Waals surface area contributed by atoms with Crippen LogP contribution < -0.4 is 0 Å². The molecular formula is C12H13BrN2O. The Kier molecular flexibility index (Phi) is 3.41. The molecule has 1 aromatic heterocycles. The minimum Gasteiger partial charge on any atom is -0.390 e. The number of aliphatic hydroxyl groups excluding tert-OH is 1. The summed E-state index contributed by atoms with van der Waals surface area (Å²) in [6.07, 6.45) is 2.89. The molecule has 3 nitrogen and oxygen atoms in total. The molecule has 0 aliphatic heterocycles. The molecule has 84 valence electrons. The number of rotatable bonds is 3. The molecule has 1 aromatic carbocycles. The second kappa shape index (κ2) is 4.80. The summed E-state index contributed by atoms with van der Waals surface area (Å²) in [5, 5.41) is 13.3. The molecule has 0 spiro atoms. The standard InChI is InChI=1S/C12H13BrN2O/c1-2-9-3-5-10(6-4-9)15-7-11(13)12(8-16)14-15/h3-7,16H,2,8H2,1H3. The lowest BCUT2D eigenvalue weighted by Gasteiger charge is -2.02. The third kappa shape index (κ3) is 2.18. The van der Waals surface area contributed by atoms with Crippen molar-refractivity contribution in [3.63, 3.8) is 0 Å². The van der Waals surface area contributed by atoms with Gasteiger partial charge in [-0.3, -0.25) is 0 Å². The summed E-state index contributed by atoms with van der Waals surface area (Å²) in [5.74, 6) is 0. The van der Waals surface area contributed by atoms with Crippen LogP contribution in [0.25, 0.3) is 5.69 Å². The number of hydrogen-bond donors (Lipinski definition) is 1. The number of nitrogens with zero attached hydrogens (tertiary/aromatic N) is 2. The van der Waals surface area contributed by atoms with Crippen molar-refractivity contribution in [2.24, 2.45) is 0 Å². The minimum absolute atomic E-state index is 0.0549. The van der Waals surface area contributed by atoms with Crippen LogP contribution in [-0.2, 0) is 13.0 Å². The zero-order chi connectivity index (χ0) is 11.5. The summed E-state index contributed by atoms with van der Waals surface area (Å²) in [5.41, 5.74) is 2.95. The second-order valence-corrected chi connectivity index (χ2v) is 4.40. The summed E-state index contributed by atoms with van der Waals surface area (Å²) in [6.45, 7) is 2.07. The van der Waals surface area contributed by atoms with Gasteiger partial charge < -0.3 is 5.11 Å². The Labute approximate surface area is 103 Å². The first kappa shape index (κ1) is 11.4. The maximum atomic E-state index is 9.06. The molecule has 0 bridgehead atoms. The highest BCUT2D eigenvalue weighted by Crippen LogP contribution is 2.18. The van der Waals surface area contributed by atoms with Crippen LogP contribution in [0, 0.1) is 0 Å². The molecule has 2 aromatic rings. The fourth-order valence-corrected chi connectivity index (χ4v) is 1.91. The summed E-state index contributed by atoms with van der Waals surface area (Å²) >= 11 is 3.36. The van der Waals surface area contributed by atoms with Crippen molar-refractivity contribution in [3.05, 3.63) is 46.2 Å². The van der Waals surface area contributed by atoms with E-state index in [0.29, 0.717) is 5.69 Å². The van der Waals surface area contributed by atoms with Gasteiger partial charge in [0.05, 0.1) is 16.8 Å². The van der Waals surface area contributed by atoms with E-state index in [1.165, 1.54) is 5.56 Å². The third-order valence-corrected chi connectivity index (χ3v) is 3.16. The lowest BCUT2D eigenvalue weighted by molar-refractivity contribution is 0.275. The monoisotopic (exact) mass is 280 g/mol. The smallest absolute Gasteiger partial charge is 0.102 e.